The summed E-state index contributed by atoms with van der Waals surface area (Å²) in [6.45, 7) is 1.66. The first-order valence-corrected chi connectivity index (χ1v) is 4.85. The molecule has 1 rings (SSSR count). The number of anilines is 2. The minimum Gasteiger partial charge on any atom is -0.495 e. The van der Waals surface area contributed by atoms with E-state index in [-0.39, 0.29) is 5.91 Å². The Morgan fingerprint density at radius 3 is 2.69 bits per heavy atom. The predicted octanol–water partition coefficient (Wildman–Crippen LogP) is 1.25. The number of carbonyl (C=O) groups excluding carboxylic acids is 1. The van der Waals surface area contributed by atoms with Crippen molar-refractivity contribution in [2.45, 2.75) is 13.0 Å². The number of ether oxygens (including phenoxy) is 2. The second-order valence-corrected chi connectivity index (χ2v) is 3.33. The van der Waals surface area contributed by atoms with Gasteiger partial charge in [-0.05, 0) is 25.1 Å². The van der Waals surface area contributed by atoms with E-state index in [1.807, 2.05) is 0 Å². The second kappa shape index (κ2) is 5.37. The van der Waals surface area contributed by atoms with Crippen molar-refractivity contribution in [2.24, 2.45) is 0 Å². The molecule has 0 aliphatic carbocycles. The highest BCUT2D eigenvalue weighted by molar-refractivity contribution is 5.95. The lowest BCUT2D eigenvalue weighted by Gasteiger charge is -2.13. The third-order valence-electron chi connectivity index (χ3n) is 2.20. The van der Waals surface area contributed by atoms with Crippen LogP contribution in [0.4, 0.5) is 11.4 Å². The number of hydrogen-bond acceptors (Lipinski definition) is 4. The fourth-order valence-electron chi connectivity index (χ4n) is 1.16. The Labute approximate surface area is 94.5 Å². The van der Waals surface area contributed by atoms with Gasteiger partial charge in [-0.15, -0.1) is 0 Å². The van der Waals surface area contributed by atoms with Gasteiger partial charge in [-0.2, -0.15) is 0 Å². The first-order chi connectivity index (χ1) is 7.58. The van der Waals surface area contributed by atoms with Crippen LogP contribution in [-0.4, -0.2) is 26.2 Å². The molecule has 5 nitrogen and oxygen atoms in total. The zero-order valence-corrected chi connectivity index (χ0v) is 9.61. The molecule has 0 saturated heterocycles. The van der Waals surface area contributed by atoms with E-state index in [0.29, 0.717) is 17.1 Å². The fourth-order valence-corrected chi connectivity index (χ4v) is 1.16. The van der Waals surface area contributed by atoms with Gasteiger partial charge in [0.05, 0.1) is 12.8 Å². The van der Waals surface area contributed by atoms with Gasteiger partial charge in [-0.25, -0.2) is 0 Å². The molecule has 0 aliphatic rings. The van der Waals surface area contributed by atoms with E-state index in [9.17, 15) is 4.79 Å². The van der Waals surface area contributed by atoms with E-state index >= 15 is 0 Å². The van der Waals surface area contributed by atoms with Gasteiger partial charge in [0.1, 0.15) is 11.9 Å². The SMILES string of the molecule is COc1ccc(N)cc1NC(=O)C(C)OC. The molecule has 1 aromatic rings. The number of nitrogens with two attached hydrogens (primary N) is 1. The van der Waals surface area contributed by atoms with E-state index in [4.69, 9.17) is 15.2 Å². The number of amides is 1. The maximum absolute atomic E-state index is 11.6. The first kappa shape index (κ1) is 12.3. The van der Waals surface area contributed by atoms with Gasteiger partial charge in [0.2, 0.25) is 0 Å². The summed E-state index contributed by atoms with van der Waals surface area (Å²) in [5.41, 5.74) is 6.72. The Morgan fingerprint density at radius 1 is 1.44 bits per heavy atom. The van der Waals surface area contributed by atoms with E-state index in [1.54, 1.807) is 25.1 Å². The molecule has 0 aromatic heterocycles. The van der Waals surface area contributed by atoms with Crippen LogP contribution in [0.15, 0.2) is 18.2 Å². The number of nitrogens with one attached hydrogen (secondary N) is 1. The van der Waals surface area contributed by atoms with Gasteiger partial charge in [0, 0.05) is 12.8 Å². The molecule has 1 amide bonds. The minimum atomic E-state index is -0.522. The molecule has 88 valence electrons. The fraction of sp³-hybridized carbons (Fsp3) is 0.364. The lowest BCUT2D eigenvalue weighted by atomic mass is 10.2. The normalized spacial score (nSPS) is 11.9. The summed E-state index contributed by atoms with van der Waals surface area (Å²) in [6.07, 6.45) is -0.522. The van der Waals surface area contributed by atoms with Crippen molar-refractivity contribution in [1.82, 2.24) is 0 Å². The molecule has 0 radical (unpaired) electrons. The van der Waals surface area contributed by atoms with Gasteiger partial charge < -0.3 is 20.5 Å². The van der Waals surface area contributed by atoms with E-state index in [1.165, 1.54) is 14.2 Å². The number of hydrogen-bond donors (Lipinski definition) is 2. The second-order valence-electron chi connectivity index (χ2n) is 3.33. The van der Waals surface area contributed by atoms with Gasteiger partial charge in [0.15, 0.2) is 0 Å². The van der Waals surface area contributed by atoms with Crippen LogP contribution < -0.4 is 15.8 Å². The maximum atomic E-state index is 11.6. The van der Waals surface area contributed by atoms with Crippen LogP contribution in [0.25, 0.3) is 0 Å². The molecule has 0 bridgehead atoms. The van der Waals surface area contributed by atoms with Crippen LogP contribution >= 0.6 is 0 Å². The number of methoxy groups -OCH3 is 2. The molecule has 1 aromatic carbocycles. The van der Waals surface area contributed by atoms with Crippen LogP contribution in [0.2, 0.25) is 0 Å². The van der Waals surface area contributed by atoms with Gasteiger partial charge >= 0.3 is 0 Å². The van der Waals surface area contributed by atoms with Crippen LogP contribution in [0.3, 0.4) is 0 Å². The predicted molar refractivity (Wildman–Crippen MR) is 62.5 cm³/mol. The number of rotatable bonds is 4. The van der Waals surface area contributed by atoms with Crippen LogP contribution in [0.5, 0.6) is 5.75 Å². The van der Waals surface area contributed by atoms with E-state index in [2.05, 4.69) is 5.32 Å². The quantitative estimate of drug-likeness (QED) is 0.755. The van der Waals surface area contributed by atoms with Gasteiger partial charge in [0.25, 0.3) is 5.91 Å². The molecule has 0 saturated carbocycles. The number of benzene rings is 1. The number of carbonyl (C=O) groups is 1. The summed E-state index contributed by atoms with van der Waals surface area (Å²) in [4.78, 5) is 11.6. The Bertz CT molecular complexity index is 379. The van der Waals surface area contributed by atoms with Crippen LogP contribution in [0, 0.1) is 0 Å². The summed E-state index contributed by atoms with van der Waals surface area (Å²) < 4.78 is 10.0. The summed E-state index contributed by atoms with van der Waals surface area (Å²) in [5.74, 6) is 0.317. The smallest absolute Gasteiger partial charge is 0.253 e. The first-order valence-electron chi connectivity index (χ1n) is 4.85. The third-order valence-corrected chi connectivity index (χ3v) is 2.20. The van der Waals surface area contributed by atoms with Crippen molar-refractivity contribution in [3.05, 3.63) is 18.2 Å². The molecule has 1 atom stereocenters. The molecule has 0 heterocycles. The van der Waals surface area contributed by atoms with Crippen molar-refractivity contribution >= 4 is 17.3 Å². The van der Waals surface area contributed by atoms with E-state index in [0.717, 1.165) is 0 Å². The van der Waals surface area contributed by atoms with Crippen LogP contribution in [0.1, 0.15) is 6.92 Å². The molecule has 5 heteroatoms. The highest BCUT2D eigenvalue weighted by Crippen LogP contribution is 2.26. The maximum Gasteiger partial charge on any atom is 0.253 e. The molecule has 0 fully saturated rings. The van der Waals surface area contributed by atoms with Crippen molar-refractivity contribution in [3.8, 4) is 5.75 Å². The Morgan fingerprint density at radius 2 is 2.12 bits per heavy atom. The summed E-state index contributed by atoms with van der Waals surface area (Å²) in [6, 6.07) is 5.04. The topological polar surface area (TPSA) is 73.6 Å². The molecule has 16 heavy (non-hydrogen) atoms. The molecular formula is C11H16N2O3. The van der Waals surface area contributed by atoms with Crippen molar-refractivity contribution < 1.29 is 14.3 Å². The van der Waals surface area contributed by atoms with Gasteiger partial charge in [-0.1, -0.05) is 0 Å². The van der Waals surface area contributed by atoms with Crippen molar-refractivity contribution in [3.63, 3.8) is 0 Å². The highest BCUT2D eigenvalue weighted by atomic mass is 16.5. The van der Waals surface area contributed by atoms with Gasteiger partial charge in [-0.3, -0.25) is 4.79 Å². The zero-order valence-electron chi connectivity index (χ0n) is 9.61. The Balaban J connectivity index is 2.87. The third kappa shape index (κ3) is 2.87. The van der Waals surface area contributed by atoms with E-state index < -0.39 is 6.10 Å². The largest absolute Gasteiger partial charge is 0.495 e. The summed E-state index contributed by atoms with van der Waals surface area (Å²) in [7, 11) is 3.00. The van der Waals surface area contributed by atoms with Crippen molar-refractivity contribution in [1.29, 1.82) is 0 Å². The van der Waals surface area contributed by atoms with Crippen LogP contribution in [-0.2, 0) is 9.53 Å². The highest BCUT2D eigenvalue weighted by Gasteiger charge is 2.13. The molecule has 3 N–H and O–H groups in total. The lowest BCUT2D eigenvalue weighted by Crippen LogP contribution is -2.26. The average Bonchev–Trinajstić information content (AvgIpc) is 2.28. The minimum absolute atomic E-state index is 0.244. The average molecular weight is 224 g/mol. The Kier molecular flexibility index (Phi) is 4.13. The lowest BCUT2D eigenvalue weighted by molar-refractivity contribution is -0.124. The molecular weight excluding hydrogens is 208 g/mol. The number of nitrogen functional groups attached to an aromatic ring is 1. The molecule has 0 spiro atoms. The standard InChI is InChI=1S/C11H16N2O3/c1-7(15-2)11(14)13-9-6-8(12)4-5-10(9)16-3/h4-7H,12H2,1-3H3,(H,13,14). The van der Waals surface area contributed by atoms with Crippen molar-refractivity contribution in [2.75, 3.05) is 25.3 Å². The molecule has 1 unspecified atom stereocenters. The molecule has 0 aliphatic heterocycles. The Hall–Kier alpha value is -1.75. The monoisotopic (exact) mass is 224 g/mol. The summed E-state index contributed by atoms with van der Waals surface area (Å²) in [5, 5.41) is 2.68. The summed E-state index contributed by atoms with van der Waals surface area (Å²) >= 11 is 0. The zero-order chi connectivity index (χ0) is 12.1.